The van der Waals surface area contributed by atoms with Crippen molar-refractivity contribution in [1.82, 2.24) is 14.5 Å². The molecular formula is C12H18IN5. The maximum Gasteiger partial charge on any atom is 0.223 e. The Morgan fingerprint density at radius 2 is 1.94 bits per heavy atom. The number of anilines is 2. The Kier molecular flexibility index (Phi) is 3.65. The lowest BCUT2D eigenvalue weighted by atomic mass is 10.1. The molecule has 18 heavy (non-hydrogen) atoms. The van der Waals surface area contributed by atoms with E-state index in [1.165, 1.54) is 0 Å². The van der Waals surface area contributed by atoms with Crippen LogP contribution in [0.1, 0.15) is 33.2 Å². The minimum atomic E-state index is 0.229. The Morgan fingerprint density at radius 1 is 1.28 bits per heavy atom. The van der Waals surface area contributed by atoms with Gasteiger partial charge in [0.1, 0.15) is 11.5 Å². The lowest BCUT2D eigenvalue weighted by molar-refractivity contribution is 0.435. The molecule has 0 aliphatic heterocycles. The van der Waals surface area contributed by atoms with Crippen LogP contribution in [0.4, 0.5) is 11.8 Å². The van der Waals surface area contributed by atoms with Gasteiger partial charge in [-0.15, -0.1) is 0 Å². The Morgan fingerprint density at radius 3 is 2.56 bits per heavy atom. The molecule has 0 fully saturated rings. The largest absolute Gasteiger partial charge is 0.383 e. The molecule has 2 heterocycles. The topological polar surface area (TPSA) is 82.8 Å². The molecule has 0 aromatic carbocycles. The van der Waals surface area contributed by atoms with Crippen LogP contribution in [-0.2, 0) is 0 Å². The lowest BCUT2D eigenvalue weighted by Crippen LogP contribution is -2.09. The molecule has 0 unspecified atom stereocenters. The first kappa shape index (κ1) is 13.4. The molecule has 2 aromatic heterocycles. The summed E-state index contributed by atoms with van der Waals surface area (Å²) < 4.78 is 3.21. The van der Waals surface area contributed by atoms with Gasteiger partial charge < -0.3 is 16.0 Å². The van der Waals surface area contributed by atoms with Crippen LogP contribution in [0.25, 0.3) is 11.0 Å². The summed E-state index contributed by atoms with van der Waals surface area (Å²) in [6, 6.07) is 0.365. The van der Waals surface area contributed by atoms with Crippen molar-refractivity contribution < 1.29 is 0 Å². The highest BCUT2D eigenvalue weighted by molar-refractivity contribution is 14.1. The Labute approximate surface area is 120 Å². The fraction of sp³-hybridized carbons (Fsp3) is 0.500. The van der Waals surface area contributed by atoms with E-state index in [4.69, 9.17) is 11.5 Å². The van der Waals surface area contributed by atoms with E-state index in [1.54, 1.807) is 0 Å². The summed E-state index contributed by atoms with van der Waals surface area (Å²) in [6.45, 7) is 6.61. The minimum Gasteiger partial charge on any atom is -0.383 e. The van der Waals surface area contributed by atoms with Gasteiger partial charge in [-0.3, -0.25) is 0 Å². The number of nitrogens with two attached hydrogens (primary N) is 2. The van der Waals surface area contributed by atoms with Crippen molar-refractivity contribution in [1.29, 1.82) is 0 Å². The maximum atomic E-state index is 5.92. The third-order valence-electron chi connectivity index (χ3n) is 2.96. The number of halogens is 1. The molecule has 98 valence electrons. The highest BCUT2D eigenvalue weighted by Crippen LogP contribution is 2.30. The number of aromatic nitrogens is 3. The first-order valence-electron chi connectivity index (χ1n) is 5.99. The fourth-order valence-corrected chi connectivity index (χ4v) is 3.10. The van der Waals surface area contributed by atoms with Gasteiger partial charge in [-0.25, -0.2) is 0 Å². The lowest BCUT2D eigenvalue weighted by Gasteiger charge is -2.16. The van der Waals surface area contributed by atoms with Crippen molar-refractivity contribution in [3.05, 3.63) is 9.77 Å². The average Bonchev–Trinajstić information content (AvgIpc) is 2.54. The second kappa shape index (κ2) is 4.91. The summed E-state index contributed by atoms with van der Waals surface area (Å²) in [4.78, 5) is 8.35. The molecule has 0 amide bonds. The fourth-order valence-electron chi connectivity index (χ4n) is 2.28. The average molecular weight is 359 g/mol. The third kappa shape index (κ3) is 2.38. The molecule has 0 saturated carbocycles. The van der Waals surface area contributed by atoms with Crippen LogP contribution < -0.4 is 11.5 Å². The van der Waals surface area contributed by atoms with Gasteiger partial charge in [0.2, 0.25) is 5.95 Å². The van der Waals surface area contributed by atoms with Crippen molar-refractivity contribution in [3.8, 4) is 0 Å². The van der Waals surface area contributed by atoms with Crippen molar-refractivity contribution in [2.75, 3.05) is 11.5 Å². The molecule has 1 atom stereocenters. The first-order chi connectivity index (χ1) is 8.40. The van der Waals surface area contributed by atoms with Gasteiger partial charge in [-0.2, -0.15) is 9.97 Å². The summed E-state index contributed by atoms with van der Waals surface area (Å²) in [5.41, 5.74) is 12.4. The van der Waals surface area contributed by atoms with E-state index in [0.717, 1.165) is 21.0 Å². The summed E-state index contributed by atoms with van der Waals surface area (Å²) in [5, 5.41) is 0.903. The smallest absolute Gasteiger partial charge is 0.223 e. The molecule has 0 aliphatic carbocycles. The van der Waals surface area contributed by atoms with Crippen molar-refractivity contribution in [2.24, 2.45) is 5.92 Å². The predicted molar refractivity (Wildman–Crippen MR) is 83.2 cm³/mol. The van der Waals surface area contributed by atoms with Crippen molar-refractivity contribution >= 4 is 45.4 Å². The zero-order valence-electron chi connectivity index (χ0n) is 10.8. The van der Waals surface area contributed by atoms with Crippen LogP contribution in [0, 0.1) is 9.49 Å². The summed E-state index contributed by atoms with van der Waals surface area (Å²) in [5.74, 6) is 1.32. The van der Waals surface area contributed by atoms with E-state index in [1.807, 2.05) is 0 Å². The quantitative estimate of drug-likeness (QED) is 0.826. The second-order valence-corrected chi connectivity index (χ2v) is 6.19. The number of fused-ring (bicyclic) bond motifs is 1. The molecule has 5 nitrogen and oxygen atoms in total. The number of nitrogen functional groups attached to an aromatic ring is 2. The molecular weight excluding hydrogens is 341 g/mol. The van der Waals surface area contributed by atoms with Gasteiger partial charge >= 0.3 is 0 Å². The van der Waals surface area contributed by atoms with Crippen molar-refractivity contribution in [3.63, 3.8) is 0 Å². The zero-order valence-corrected chi connectivity index (χ0v) is 13.0. The molecule has 0 aliphatic rings. The highest BCUT2D eigenvalue weighted by Gasteiger charge is 2.17. The monoisotopic (exact) mass is 359 g/mol. The van der Waals surface area contributed by atoms with E-state index < -0.39 is 0 Å². The summed E-state index contributed by atoms with van der Waals surface area (Å²) in [7, 11) is 0. The molecule has 4 N–H and O–H groups in total. The van der Waals surface area contributed by atoms with E-state index in [0.29, 0.717) is 17.8 Å². The van der Waals surface area contributed by atoms with Crippen molar-refractivity contribution in [2.45, 2.75) is 33.2 Å². The van der Waals surface area contributed by atoms with Crippen LogP contribution >= 0.6 is 22.6 Å². The Balaban J connectivity index is 2.58. The van der Waals surface area contributed by atoms with Gasteiger partial charge in [0.15, 0.2) is 0 Å². The number of hydrogen-bond acceptors (Lipinski definition) is 4. The van der Waals surface area contributed by atoms with E-state index in [2.05, 4.69) is 64.1 Å². The van der Waals surface area contributed by atoms with Crippen LogP contribution in [0.3, 0.4) is 0 Å². The molecule has 0 spiro atoms. The molecule has 0 bridgehead atoms. The molecule has 2 rings (SSSR count). The molecule has 2 aromatic rings. The Bertz CT molecular complexity index is 575. The summed E-state index contributed by atoms with van der Waals surface area (Å²) >= 11 is 2.26. The number of nitrogens with zero attached hydrogens (tertiary/aromatic N) is 3. The normalized spacial score (nSPS) is 13.4. The van der Waals surface area contributed by atoms with E-state index >= 15 is 0 Å². The Hall–Kier alpha value is -1.05. The van der Waals surface area contributed by atoms with E-state index in [9.17, 15) is 0 Å². The van der Waals surface area contributed by atoms with Gasteiger partial charge in [0, 0.05) is 15.8 Å². The maximum absolute atomic E-state index is 5.92. The molecule has 6 heteroatoms. The number of rotatable bonds is 3. The van der Waals surface area contributed by atoms with Gasteiger partial charge in [0.25, 0.3) is 0 Å². The van der Waals surface area contributed by atoms with Gasteiger partial charge in [-0.05, 0) is 41.9 Å². The van der Waals surface area contributed by atoms with Crippen LogP contribution in [-0.4, -0.2) is 14.5 Å². The minimum absolute atomic E-state index is 0.229. The SMILES string of the molecule is CC(C)C[C@H](C)n1cc(I)c2c(N)nc(N)nc21. The number of hydrogen-bond donors (Lipinski definition) is 2. The first-order valence-corrected chi connectivity index (χ1v) is 7.07. The van der Waals surface area contributed by atoms with Crippen LogP contribution in [0.15, 0.2) is 6.20 Å². The third-order valence-corrected chi connectivity index (χ3v) is 3.78. The predicted octanol–water partition coefficient (Wildman–Crippen LogP) is 2.81. The van der Waals surface area contributed by atoms with E-state index in [-0.39, 0.29) is 5.95 Å². The standard InChI is InChI=1S/C12H18IN5/c1-6(2)4-7(3)18-5-8(13)9-10(14)16-12(15)17-11(9)18/h5-7H,4H2,1-3H3,(H4,14,15,16,17)/t7-/m0/s1. The summed E-state index contributed by atoms with van der Waals surface area (Å²) in [6.07, 6.45) is 3.16. The molecule has 0 saturated heterocycles. The van der Waals surface area contributed by atoms with Crippen LogP contribution in [0.2, 0.25) is 0 Å². The van der Waals surface area contributed by atoms with Gasteiger partial charge in [-0.1, -0.05) is 13.8 Å². The zero-order chi connectivity index (χ0) is 13.4. The second-order valence-electron chi connectivity index (χ2n) is 5.03. The molecule has 0 radical (unpaired) electrons. The highest BCUT2D eigenvalue weighted by atomic mass is 127. The van der Waals surface area contributed by atoms with Crippen LogP contribution in [0.5, 0.6) is 0 Å². The van der Waals surface area contributed by atoms with Gasteiger partial charge in [0.05, 0.1) is 5.39 Å².